The molecule has 0 bridgehead atoms. The molecule has 1 saturated carbocycles. The van der Waals surface area contributed by atoms with Crippen molar-refractivity contribution in [1.29, 1.82) is 0 Å². The third kappa shape index (κ3) is 0.779. The fraction of sp³-hybridized carbons (Fsp3) is 0.500. The van der Waals surface area contributed by atoms with Gasteiger partial charge in [0.2, 0.25) is 0 Å². The first kappa shape index (κ1) is 6.46. The molecule has 2 nitrogen and oxygen atoms in total. The maximum absolute atomic E-state index is 11.4. The van der Waals surface area contributed by atoms with E-state index < -0.39 is 0 Å². The lowest BCUT2D eigenvalue weighted by Crippen LogP contribution is -2.29. The first-order valence-corrected chi connectivity index (χ1v) is 4.56. The van der Waals surface area contributed by atoms with E-state index in [1.807, 2.05) is 0 Å². The summed E-state index contributed by atoms with van der Waals surface area (Å²) in [7, 11) is 0. The fourth-order valence-corrected chi connectivity index (χ4v) is 2.07. The molecule has 0 aromatic carbocycles. The lowest BCUT2D eigenvalue weighted by Gasteiger charge is -2.21. The van der Waals surface area contributed by atoms with E-state index in [-0.39, 0.29) is 0 Å². The topological polar surface area (TPSA) is 29.1 Å². The first-order chi connectivity index (χ1) is 5.84. The average molecular weight is 161 g/mol. The van der Waals surface area contributed by atoms with Gasteiger partial charge in [-0.3, -0.25) is 4.79 Å². The van der Waals surface area contributed by atoms with Gasteiger partial charge in [-0.15, -0.1) is 0 Å². The number of piperidine rings is 1. The molecule has 2 aliphatic carbocycles. The highest BCUT2D eigenvalue weighted by atomic mass is 16.1. The SMILES string of the molecule is O=C1CCNC2=CC3CC3C=C12. The zero-order valence-electron chi connectivity index (χ0n) is 6.84. The Balaban J connectivity index is 2.03. The van der Waals surface area contributed by atoms with E-state index in [1.54, 1.807) is 0 Å². The Morgan fingerprint density at radius 1 is 1.33 bits per heavy atom. The Bertz CT molecular complexity index is 314. The number of Topliss-reactive ketones (excluding diaryl/α,β-unsaturated/α-hetero) is 1. The van der Waals surface area contributed by atoms with E-state index in [0.29, 0.717) is 18.1 Å². The fourth-order valence-electron chi connectivity index (χ4n) is 2.07. The number of fused-ring (bicyclic) bond motifs is 2. The molecule has 3 aliphatic rings. The smallest absolute Gasteiger partial charge is 0.166 e. The molecule has 1 heterocycles. The molecule has 1 aliphatic heterocycles. The van der Waals surface area contributed by atoms with Gasteiger partial charge in [0.1, 0.15) is 0 Å². The van der Waals surface area contributed by atoms with E-state index in [4.69, 9.17) is 0 Å². The van der Waals surface area contributed by atoms with Crippen molar-refractivity contribution in [3.05, 3.63) is 23.4 Å². The summed E-state index contributed by atoms with van der Waals surface area (Å²) >= 11 is 0. The second kappa shape index (κ2) is 2.00. The molecule has 0 amide bonds. The van der Waals surface area contributed by atoms with Gasteiger partial charge in [0.05, 0.1) is 0 Å². The Labute approximate surface area is 71.3 Å². The van der Waals surface area contributed by atoms with E-state index in [2.05, 4.69) is 17.5 Å². The second-order valence-corrected chi connectivity index (χ2v) is 3.82. The van der Waals surface area contributed by atoms with Crippen LogP contribution in [0.4, 0.5) is 0 Å². The quantitative estimate of drug-likeness (QED) is 0.574. The summed E-state index contributed by atoms with van der Waals surface area (Å²) in [6.45, 7) is 0.819. The van der Waals surface area contributed by atoms with Crippen molar-refractivity contribution in [2.24, 2.45) is 11.8 Å². The highest BCUT2D eigenvalue weighted by molar-refractivity contribution is 6.00. The predicted molar refractivity (Wildman–Crippen MR) is 45.4 cm³/mol. The van der Waals surface area contributed by atoms with Crippen molar-refractivity contribution in [2.45, 2.75) is 12.8 Å². The largest absolute Gasteiger partial charge is 0.384 e. The van der Waals surface area contributed by atoms with Gasteiger partial charge >= 0.3 is 0 Å². The van der Waals surface area contributed by atoms with Gasteiger partial charge in [0, 0.05) is 24.2 Å². The summed E-state index contributed by atoms with van der Waals surface area (Å²) in [6.07, 6.45) is 6.31. The molecule has 2 atom stereocenters. The van der Waals surface area contributed by atoms with Crippen LogP contribution < -0.4 is 5.32 Å². The highest BCUT2D eigenvalue weighted by Crippen LogP contribution is 2.46. The minimum Gasteiger partial charge on any atom is -0.384 e. The number of carbonyl (C=O) groups is 1. The minimum absolute atomic E-state index is 0.324. The lowest BCUT2D eigenvalue weighted by molar-refractivity contribution is -0.115. The highest BCUT2D eigenvalue weighted by Gasteiger charge is 2.39. The number of allylic oxidation sites excluding steroid dienone is 3. The third-order valence-corrected chi connectivity index (χ3v) is 2.91. The lowest BCUT2D eigenvalue weighted by atomic mass is 9.95. The molecular formula is C10H11NO. The van der Waals surface area contributed by atoms with Gasteiger partial charge in [-0.25, -0.2) is 0 Å². The number of nitrogens with one attached hydrogen (secondary N) is 1. The molecule has 0 aromatic heterocycles. The van der Waals surface area contributed by atoms with Gasteiger partial charge in [-0.2, -0.15) is 0 Å². The van der Waals surface area contributed by atoms with E-state index >= 15 is 0 Å². The summed E-state index contributed by atoms with van der Waals surface area (Å²) in [5.41, 5.74) is 2.06. The number of hydrogen-bond acceptors (Lipinski definition) is 2. The molecule has 12 heavy (non-hydrogen) atoms. The van der Waals surface area contributed by atoms with Crippen LogP contribution in [0.2, 0.25) is 0 Å². The van der Waals surface area contributed by atoms with Crippen molar-refractivity contribution in [1.82, 2.24) is 5.32 Å². The third-order valence-electron chi connectivity index (χ3n) is 2.91. The van der Waals surface area contributed by atoms with Gasteiger partial charge in [0.15, 0.2) is 5.78 Å². The van der Waals surface area contributed by atoms with Crippen LogP contribution in [0.1, 0.15) is 12.8 Å². The van der Waals surface area contributed by atoms with Crippen LogP contribution in [0.15, 0.2) is 23.4 Å². The Hall–Kier alpha value is -1.05. The molecule has 1 saturated heterocycles. The number of carbonyl (C=O) groups excluding carboxylic acids is 1. The van der Waals surface area contributed by atoms with Crippen molar-refractivity contribution in [3.63, 3.8) is 0 Å². The van der Waals surface area contributed by atoms with Crippen LogP contribution in [-0.4, -0.2) is 12.3 Å². The Morgan fingerprint density at radius 3 is 3.08 bits per heavy atom. The maximum Gasteiger partial charge on any atom is 0.166 e. The molecule has 2 fully saturated rings. The second-order valence-electron chi connectivity index (χ2n) is 3.82. The molecular weight excluding hydrogens is 150 g/mol. The van der Waals surface area contributed by atoms with Crippen LogP contribution in [0.5, 0.6) is 0 Å². The van der Waals surface area contributed by atoms with Crippen molar-refractivity contribution in [3.8, 4) is 0 Å². The van der Waals surface area contributed by atoms with Crippen LogP contribution in [0.3, 0.4) is 0 Å². The Morgan fingerprint density at radius 2 is 2.17 bits per heavy atom. The predicted octanol–water partition coefficient (Wildman–Crippen LogP) is 1.01. The minimum atomic E-state index is 0.324. The molecule has 62 valence electrons. The molecule has 0 spiro atoms. The molecule has 0 radical (unpaired) electrons. The monoisotopic (exact) mass is 161 g/mol. The zero-order valence-corrected chi connectivity index (χ0v) is 6.84. The summed E-state index contributed by atoms with van der Waals surface area (Å²) in [5.74, 6) is 1.75. The molecule has 1 N–H and O–H groups in total. The van der Waals surface area contributed by atoms with Crippen LogP contribution in [0, 0.1) is 11.8 Å². The molecule has 2 heteroatoms. The van der Waals surface area contributed by atoms with Crippen LogP contribution in [-0.2, 0) is 4.79 Å². The molecule has 0 aromatic rings. The maximum atomic E-state index is 11.4. The van der Waals surface area contributed by atoms with E-state index in [9.17, 15) is 4.79 Å². The van der Waals surface area contributed by atoms with Crippen LogP contribution >= 0.6 is 0 Å². The molecule has 3 rings (SSSR count). The first-order valence-electron chi connectivity index (χ1n) is 4.56. The summed E-state index contributed by atoms with van der Waals surface area (Å²) < 4.78 is 0. The number of ketones is 1. The van der Waals surface area contributed by atoms with Crippen molar-refractivity contribution in [2.75, 3.05) is 6.54 Å². The van der Waals surface area contributed by atoms with Crippen molar-refractivity contribution < 1.29 is 4.79 Å². The van der Waals surface area contributed by atoms with Gasteiger partial charge in [-0.1, -0.05) is 12.2 Å². The molecule has 2 unspecified atom stereocenters. The Kier molecular flexibility index (Phi) is 1.08. The normalized spacial score (nSPS) is 37.2. The van der Waals surface area contributed by atoms with Gasteiger partial charge in [-0.05, 0) is 18.3 Å². The van der Waals surface area contributed by atoms with E-state index in [0.717, 1.165) is 23.7 Å². The van der Waals surface area contributed by atoms with Crippen molar-refractivity contribution >= 4 is 5.78 Å². The summed E-state index contributed by atoms with van der Waals surface area (Å²) in [5, 5.41) is 3.28. The van der Waals surface area contributed by atoms with Crippen LogP contribution in [0.25, 0.3) is 0 Å². The standard InChI is InChI=1S/C10H11NO/c12-10-1-2-11-9-5-7-3-6(7)4-8(9)10/h4-7,11H,1-3H2. The summed E-state index contributed by atoms with van der Waals surface area (Å²) in [4.78, 5) is 11.4. The number of rotatable bonds is 0. The average Bonchev–Trinajstić information content (AvgIpc) is 2.79. The van der Waals surface area contributed by atoms with E-state index in [1.165, 1.54) is 6.42 Å². The summed E-state index contributed by atoms with van der Waals surface area (Å²) in [6, 6.07) is 0. The number of hydrogen-bond donors (Lipinski definition) is 1. The van der Waals surface area contributed by atoms with Gasteiger partial charge < -0.3 is 5.32 Å². The van der Waals surface area contributed by atoms with Gasteiger partial charge in [0.25, 0.3) is 0 Å². The zero-order chi connectivity index (χ0) is 8.13.